The van der Waals surface area contributed by atoms with Gasteiger partial charge >= 0.3 is 0 Å². The predicted octanol–water partition coefficient (Wildman–Crippen LogP) is 4.42. The Balaban J connectivity index is 1.94. The Kier molecular flexibility index (Phi) is 4.83. The maximum Gasteiger partial charge on any atom is 0.270 e. The second kappa shape index (κ2) is 6.90. The van der Waals surface area contributed by atoms with E-state index in [4.69, 9.17) is 17.0 Å². The lowest BCUT2D eigenvalue weighted by molar-refractivity contribution is -0.113. The third-order valence-corrected chi connectivity index (χ3v) is 5.19. The first-order valence-electron chi connectivity index (χ1n) is 7.63. The number of phenols is 1. The molecule has 0 spiro atoms. The second-order valence-electron chi connectivity index (χ2n) is 5.74. The van der Waals surface area contributed by atoms with Crippen molar-refractivity contribution in [3.05, 3.63) is 58.0 Å². The molecule has 0 atom stereocenters. The summed E-state index contributed by atoms with van der Waals surface area (Å²) in [7, 11) is 1.49. The molecule has 0 aromatic heterocycles. The summed E-state index contributed by atoms with van der Waals surface area (Å²) in [6.45, 7) is 3.98. The molecule has 1 N–H and O–H groups in total. The van der Waals surface area contributed by atoms with Crippen molar-refractivity contribution in [2.45, 2.75) is 13.8 Å². The lowest BCUT2D eigenvalue weighted by Gasteiger charge is -2.17. The summed E-state index contributed by atoms with van der Waals surface area (Å²) in [6.07, 6.45) is 1.72. The molecule has 1 saturated heterocycles. The summed E-state index contributed by atoms with van der Waals surface area (Å²) < 4.78 is 5.53. The minimum Gasteiger partial charge on any atom is -0.504 e. The van der Waals surface area contributed by atoms with Gasteiger partial charge in [-0.15, -0.1) is 0 Å². The fourth-order valence-corrected chi connectivity index (χ4v) is 3.96. The molecule has 128 valence electrons. The van der Waals surface area contributed by atoms with Gasteiger partial charge in [0.2, 0.25) is 0 Å². The molecule has 2 aromatic carbocycles. The Morgan fingerprint density at radius 2 is 1.96 bits per heavy atom. The topological polar surface area (TPSA) is 49.8 Å². The lowest BCUT2D eigenvalue weighted by atomic mass is 10.1. The number of carbonyl (C=O) groups excluding carboxylic acids is 1. The zero-order valence-electron chi connectivity index (χ0n) is 14.1. The van der Waals surface area contributed by atoms with Crippen LogP contribution in [0.15, 0.2) is 41.3 Å². The van der Waals surface area contributed by atoms with Gasteiger partial charge in [0.05, 0.1) is 17.7 Å². The SMILES string of the molecule is COc1ccc(C=C2SC(=S)N(c3ccc(C)cc3C)C2=O)cc1O. The zero-order chi connectivity index (χ0) is 18.1. The molecule has 1 heterocycles. The number of aryl methyl sites for hydroxylation is 2. The molecule has 0 saturated carbocycles. The van der Waals surface area contributed by atoms with E-state index in [9.17, 15) is 9.90 Å². The number of carbonyl (C=O) groups is 1. The molecule has 25 heavy (non-hydrogen) atoms. The van der Waals surface area contributed by atoms with Crippen LogP contribution in [0.4, 0.5) is 5.69 Å². The van der Waals surface area contributed by atoms with Crippen LogP contribution >= 0.6 is 24.0 Å². The van der Waals surface area contributed by atoms with Crippen molar-refractivity contribution in [2.75, 3.05) is 12.0 Å². The third kappa shape index (κ3) is 3.41. The Hall–Kier alpha value is -2.31. The van der Waals surface area contributed by atoms with Crippen LogP contribution in [0, 0.1) is 13.8 Å². The number of hydrogen-bond donors (Lipinski definition) is 1. The van der Waals surface area contributed by atoms with Gasteiger partial charge in [-0.3, -0.25) is 9.69 Å². The number of rotatable bonds is 3. The van der Waals surface area contributed by atoms with Gasteiger partial charge < -0.3 is 9.84 Å². The summed E-state index contributed by atoms with van der Waals surface area (Å²) in [4.78, 5) is 14.9. The van der Waals surface area contributed by atoms with E-state index in [0.717, 1.165) is 16.8 Å². The smallest absolute Gasteiger partial charge is 0.270 e. The molecule has 1 amide bonds. The van der Waals surface area contributed by atoms with Gasteiger partial charge in [0.15, 0.2) is 15.8 Å². The average molecular weight is 371 g/mol. The van der Waals surface area contributed by atoms with E-state index in [1.54, 1.807) is 29.2 Å². The van der Waals surface area contributed by atoms with E-state index in [1.807, 2.05) is 32.0 Å². The van der Waals surface area contributed by atoms with Gasteiger partial charge in [0, 0.05) is 0 Å². The van der Waals surface area contributed by atoms with Gasteiger partial charge in [-0.05, 0) is 49.2 Å². The maximum absolute atomic E-state index is 12.8. The van der Waals surface area contributed by atoms with Crippen molar-refractivity contribution in [3.63, 3.8) is 0 Å². The van der Waals surface area contributed by atoms with E-state index in [2.05, 4.69) is 0 Å². The van der Waals surface area contributed by atoms with Crippen LogP contribution in [-0.4, -0.2) is 22.4 Å². The van der Waals surface area contributed by atoms with Crippen LogP contribution in [0.1, 0.15) is 16.7 Å². The van der Waals surface area contributed by atoms with E-state index >= 15 is 0 Å². The highest BCUT2D eigenvalue weighted by atomic mass is 32.2. The molecule has 3 rings (SSSR count). The fourth-order valence-electron chi connectivity index (χ4n) is 2.68. The summed E-state index contributed by atoms with van der Waals surface area (Å²) >= 11 is 6.66. The van der Waals surface area contributed by atoms with Crippen molar-refractivity contribution < 1.29 is 14.6 Å². The lowest BCUT2D eigenvalue weighted by Crippen LogP contribution is -2.28. The van der Waals surface area contributed by atoms with E-state index in [0.29, 0.717) is 20.5 Å². The van der Waals surface area contributed by atoms with Crippen molar-refractivity contribution >= 4 is 46.0 Å². The maximum atomic E-state index is 12.8. The number of aromatic hydroxyl groups is 1. The summed E-state index contributed by atoms with van der Waals surface area (Å²) in [5, 5.41) is 9.89. The number of amides is 1. The summed E-state index contributed by atoms with van der Waals surface area (Å²) in [6, 6.07) is 10.9. The molecule has 0 radical (unpaired) electrons. The van der Waals surface area contributed by atoms with E-state index in [-0.39, 0.29) is 11.7 Å². The minimum atomic E-state index is -0.155. The first-order valence-corrected chi connectivity index (χ1v) is 8.85. The molecule has 0 unspecified atom stereocenters. The van der Waals surface area contributed by atoms with Gasteiger partial charge in [-0.2, -0.15) is 0 Å². The third-order valence-electron chi connectivity index (χ3n) is 3.89. The monoisotopic (exact) mass is 371 g/mol. The molecule has 2 aromatic rings. The van der Waals surface area contributed by atoms with E-state index in [1.165, 1.54) is 18.9 Å². The van der Waals surface area contributed by atoms with Crippen molar-refractivity contribution in [3.8, 4) is 11.5 Å². The fraction of sp³-hybridized carbons (Fsp3) is 0.158. The highest BCUT2D eigenvalue weighted by Gasteiger charge is 2.34. The number of ether oxygens (including phenoxy) is 1. The van der Waals surface area contributed by atoms with Crippen molar-refractivity contribution in [1.29, 1.82) is 0 Å². The average Bonchev–Trinajstić information content (AvgIpc) is 2.82. The van der Waals surface area contributed by atoms with Gasteiger partial charge in [-0.1, -0.05) is 47.7 Å². The number of nitrogens with zero attached hydrogens (tertiary/aromatic N) is 1. The van der Waals surface area contributed by atoms with Crippen LogP contribution < -0.4 is 9.64 Å². The quantitative estimate of drug-likeness (QED) is 0.639. The van der Waals surface area contributed by atoms with Crippen molar-refractivity contribution in [1.82, 2.24) is 0 Å². The summed E-state index contributed by atoms with van der Waals surface area (Å²) in [5.74, 6) is 0.262. The number of thioether (sulfide) groups is 1. The molecular formula is C19H17NO3S2. The largest absolute Gasteiger partial charge is 0.504 e. The molecule has 1 fully saturated rings. The molecule has 4 nitrogen and oxygen atoms in total. The van der Waals surface area contributed by atoms with Gasteiger partial charge in [0.1, 0.15) is 0 Å². The summed E-state index contributed by atoms with van der Waals surface area (Å²) in [5.41, 5.74) is 3.64. The number of anilines is 1. The van der Waals surface area contributed by atoms with Crippen LogP contribution in [0.3, 0.4) is 0 Å². The minimum absolute atomic E-state index is 0.0288. The normalized spacial score (nSPS) is 16.0. The van der Waals surface area contributed by atoms with Gasteiger partial charge in [-0.25, -0.2) is 0 Å². The predicted molar refractivity (Wildman–Crippen MR) is 106 cm³/mol. The Bertz CT molecular complexity index is 906. The Morgan fingerprint density at radius 3 is 2.60 bits per heavy atom. The molecule has 6 heteroatoms. The second-order valence-corrected chi connectivity index (χ2v) is 7.41. The van der Waals surface area contributed by atoms with Crippen molar-refractivity contribution in [2.24, 2.45) is 0 Å². The number of hydrogen-bond acceptors (Lipinski definition) is 5. The molecule has 1 aliphatic rings. The van der Waals surface area contributed by atoms with Crippen LogP contribution in [0.25, 0.3) is 6.08 Å². The first-order chi connectivity index (χ1) is 11.9. The number of methoxy groups -OCH3 is 1. The number of phenolic OH excluding ortho intramolecular Hbond substituents is 1. The standard InChI is InChI=1S/C19H17NO3S2/c1-11-4-6-14(12(2)8-11)20-18(22)17(25-19(20)24)10-13-5-7-16(23-3)15(21)9-13/h4-10,21H,1-3H3. The Labute approximate surface area is 156 Å². The zero-order valence-corrected chi connectivity index (χ0v) is 15.7. The number of thiocarbonyl (C=S) groups is 1. The molecule has 0 aliphatic carbocycles. The van der Waals surface area contributed by atoms with Crippen LogP contribution in [-0.2, 0) is 4.79 Å². The molecule has 0 bridgehead atoms. The van der Waals surface area contributed by atoms with E-state index < -0.39 is 0 Å². The Morgan fingerprint density at radius 1 is 1.20 bits per heavy atom. The molecule has 1 aliphatic heterocycles. The number of benzene rings is 2. The highest BCUT2D eigenvalue weighted by Crippen LogP contribution is 2.38. The first kappa shape index (κ1) is 17.5. The van der Waals surface area contributed by atoms with Crippen LogP contribution in [0.5, 0.6) is 11.5 Å². The van der Waals surface area contributed by atoms with Gasteiger partial charge in [0.25, 0.3) is 5.91 Å². The highest BCUT2D eigenvalue weighted by molar-refractivity contribution is 8.27. The van der Waals surface area contributed by atoms with Crippen LogP contribution in [0.2, 0.25) is 0 Å². The molecular weight excluding hydrogens is 354 g/mol.